The fourth-order valence-electron chi connectivity index (χ4n) is 0.740. The molecule has 0 saturated carbocycles. The fourth-order valence-corrected chi connectivity index (χ4v) is 1.41. The molecule has 0 aromatic rings. The summed E-state index contributed by atoms with van der Waals surface area (Å²) in [6.07, 6.45) is 1.60. The average molecular weight is 209 g/mol. The second-order valence-corrected chi connectivity index (χ2v) is 5.26. The molecule has 5 nitrogen and oxygen atoms in total. The molecule has 1 atom stereocenters. The van der Waals surface area contributed by atoms with Crippen LogP contribution in [0.3, 0.4) is 0 Å². The van der Waals surface area contributed by atoms with Gasteiger partial charge in [0.2, 0.25) is 0 Å². The van der Waals surface area contributed by atoms with Crippen LogP contribution < -0.4 is 5.32 Å². The van der Waals surface area contributed by atoms with Crippen LogP contribution in [0.1, 0.15) is 13.3 Å². The van der Waals surface area contributed by atoms with Crippen LogP contribution >= 0.6 is 0 Å². The molecule has 0 spiro atoms. The van der Waals surface area contributed by atoms with E-state index in [9.17, 15) is 13.2 Å². The van der Waals surface area contributed by atoms with Crippen LogP contribution in [0.5, 0.6) is 0 Å². The van der Waals surface area contributed by atoms with Crippen molar-refractivity contribution in [1.82, 2.24) is 5.32 Å². The number of sulfone groups is 1. The van der Waals surface area contributed by atoms with Crippen LogP contribution in [0.25, 0.3) is 0 Å². The molecule has 0 aliphatic carbocycles. The first kappa shape index (κ1) is 12.4. The maximum absolute atomic E-state index is 10.7. The number of hydrogen-bond donors (Lipinski definition) is 2. The summed E-state index contributed by atoms with van der Waals surface area (Å²) in [4.78, 5) is 10.3. The van der Waals surface area contributed by atoms with Crippen LogP contribution in [0.2, 0.25) is 0 Å². The summed E-state index contributed by atoms with van der Waals surface area (Å²) < 4.78 is 21.3. The predicted molar refractivity (Wildman–Crippen MR) is 49.4 cm³/mol. The molecule has 0 rings (SSSR count). The van der Waals surface area contributed by atoms with Gasteiger partial charge in [0.1, 0.15) is 15.9 Å². The lowest BCUT2D eigenvalue weighted by atomic mass is 10.3. The van der Waals surface area contributed by atoms with Crippen molar-refractivity contribution in [2.75, 3.05) is 18.6 Å². The van der Waals surface area contributed by atoms with Gasteiger partial charge < -0.3 is 10.4 Å². The Bertz CT molecular complexity index is 260. The molecule has 0 aliphatic rings. The van der Waals surface area contributed by atoms with Gasteiger partial charge in [-0.25, -0.2) is 8.42 Å². The smallest absolute Gasteiger partial charge is 0.320 e. The van der Waals surface area contributed by atoms with E-state index < -0.39 is 21.8 Å². The largest absolute Gasteiger partial charge is 0.480 e. The van der Waals surface area contributed by atoms with Crippen LogP contribution in [0.4, 0.5) is 0 Å². The number of carboxylic acid groups (broad SMARTS) is 1. The molecule has 0 heterocycles. The Morgan fingerprint density at radius 3 is 2.46 bits per heavy atom. The first-order chi connectivity index (χ1) is 5.83. The van der Waals surface area contributed by atoms with Crippen molar-refractivity contribution in [3.05, 3.63) is 0 Å². The second kappa shape index (κ2) is 5.18. The zero-order chi connectivity index (χ0) is 10.5. The Morgan fingerprint density at radius 1 is 1.54 bits per heavy atom. The minimum Gasteiger partial charge on any atom is -0.480 e. The zero-order valence-corrected chi connectivity index (χ0v) is 8.60. The highest BCUT2D eigenvalue weighted by molar-refractivity contribution is 7.90. The van der Waals surface area contributed by atoms with Crippen molar-refractivity contribution in [1.29, 1.82) is 0 Å². The van der Waals surface area contributed by atoms with Gasteiger partial charge in [0.15, 0.2) is 0 Å². The third kappa shape index (κ3) is 7.73. The summed E-state index contributed by atoms with van der Waals surface area (Å²) in [7, 11) is -2.93. The van der Waals surface area contributed by atoms with E-state index in [0.717, 1.165) is 6.26 Å². The van der Waals surface area contributed by atoms with Gasteiger partial charge in [0, 0.05) is 6.26 Å². The SMILES string of the molecule is CC(NCCCS(C)(=O)=O)C(=O)O. The summed E-state index contributed by atoms with van der Waals surface area (Å²) >= 11 is 0. The van der Waals surface area contributed by atoms with Gasteiger partial charge in [-0.3, -0.25) is 4.79 Å². The first-order valence-corrected chi connectivity index (χ1v) is 6.03. The van der Waals surface area contributed by atoms with E-state index in [0.29, 0.717) is 13.0 Å². The molecule has 2 N–H and O–H groups in total. The van der Waals surface area contributed by atoms with Gasteiger partial charge >= 0.3 is 5.97 Å². The minimum atomic E-state index is -2.93. The lowest BCUT2D eigenvalue weighted by Crippen LogP contribution is -2.34. The van der Waals surface area contributed by atoms with Crippen molar-refractivity contribution in [3.8, 4) is 0 Å². The van der Waals surface area contributed by atoms with Gasteiger partial charge in [-0.2, -0.15) is 0 Å². The lowest BCUT2D eigenvalue weighted by Gasteiger charge is -2.07. The maximum Gasteiger partial charge on any atom is 0.320 e. The monoisotopic (exact) mass is 209 g/mol. The van der Waals surface area contributed by atoms with E-state index >= 15 is 0 Å². The summed E-state index contributed by atoms with van der Waals surface area (Å²) in [5, 5.41) is 11.2. The second-order valence-electron chi connectivity index (χ2n) is 3.00. The number of carbonyl (C=O) groups is 1. The number of aliphatic carboxylic acids is 1. The highest BCUT2D eigenvalue weighted by Gasteiger charge is 2.09. The van der Waals surface area contributed by atoms with Crippen molar-refractivity contribution < 1.29 is 18.3 Å². The Hall–Kier alpha value is -0.620. The molecular formula is C7H15NO4S. The summed E-state index contributed by atoms with van der Waals surface area (Å²) in [6, 6.07) is -0.625. The molecule has 0 radical (unpaired) electrons. The van der Waals surface area contributed by atoms with Crippen LogP contribution in [-0.2, 0) is 14.6 Å². The number of rotatable bonds is 6. The van der Waals surface area contributed by atoms with Crippen molar-refractivity contribution in [2.24, 2.45) is 0 Å². The summed E-state index contributed by atoms with van der Waals surface area (Å²) in [6.45, 7) is 1.92. The minimum absolute atomic E-state index is 0.0896. The van der Waals surface area contributed by atoms with E-state index in [1.807, 2.05) is 0 Å². The van der Waals surface area contributed by atoms with Gasteiger partial charge in [0.05, 0.1) is 5.75 Å². The average Bonchev–Trinajstić information content (AvgIpc) is 1.95. The first-order valence-electron chi connectivity index (χ1n) is 3.97. The fraction of sp³-hybridized carbons (Fsp3) is 0.857. The lowest BCUT2D eigenvalue weighted by molar-refractivity contribution is -0.138. The molecule has 13 heavy (non-hydrogen) atoms. The maximum atomic E-state index is 10.7. The van der Waals surface area contributed by atoms with Crippen LogP contribution in [0.15, 0.2) is 0 Å². The third-order valence-electron chi connectivity index (χ3n) is 1.51. The van der Waals surface area contributed by atoms with Crippen molar-refractivity contribution in [3.63, 3.8) is 0 Å². The predicted octanol–water partition coefficient (Wildman–Crippen LogP) is -0.516. The van der Waals surface area contributed by atoms with E-state index in [-0.39, 0.29) is 5.75 Å². The zero-order valence-electron chi connectivity index (χ0n) is 7.78. The van der Waals surface area contributed by atoms with Crippen LogP contribution in [-0.4, -0.2) is 44.1 Å². The Balaban J connectivity index is 3.53. The van der Waals surface area contributed by atoms with Gasteiger partial charge in [-0.15, -0.1) is 0 Å². The molecule has 6 heteroatoms. The van der Waals surface area contributed by atoms with E-state index in [1.54, 1.807) is 0 Å². The Labute approximate surface area is 78.1 Å². The highest BCUT2D eigenvalue weighted by Crippen LogP contribution is 1.88. The molecule has 1 unspecified atom stereocenters. The van der Waals surface area contributed by atoms with Gasteiger partial charge in [-0.05, 0) is 19.9 Å². The van der Waals surface area contributed by atoms with Crippen molar-refractivity contribution in [2.45, 2.75) is 19.4 Å². The molecule has 0 aliphatic heterocycles. The van der Waals surface area contributed by atoms with Gasteiger partial charge in [0.25, 0.3) is 0 Å². The standard InChI is InChI=1S/C7H15NO4S/c1-6(7(9)10)8-4-3-5-13(2,11)12/h6,8H,3-5H2,1-2H3,(H,9,10). The van der Waals surface area contributed by atoms with Crippen molar-refractivity contribution >= 4 is 15.8 Å². The normalized spacial score (nSPS) is 14.0. The quantitative estimate of drug-likeness (QED) is 0.575. The van der Waals surface area contributed by atoms with Gasteiger partial charge in [-0.1, -0.05) is 0 Å². The molecule has 0 aromatic carbocycles. The number of hydrogen-bond acceptors (Lipinski definition) is 4. The molecular weight excluding hydrogens is 194 g/mol. The Morgan fingerprint density at radius 2 is 2.08 bits per heavy atom. The van der Waals surface area contributed by atoms with E-state index in [2.05, 4.69) is 5.32 Å². The molecule has 78 valence electrons. The summed E-state index contributed by atoms with van der Waals surface area (Å²) in [5.41, 5.74) is 0. The molecule has 0 aromatic heterocycles. The molecule has 0 amide bonds. The number of nitrogens with one attached hydrogen (secondary N) is 1. The molecule has 0 fully saturated rings. The summed E-state index contributed by atoms with van der Waals surface area (Å²) in [5.74, 6) is -0.842. The topological polar surface area (TPSA) is 83.5 Å². The van der Waals surface area contributed by atoms with Crippen LogP contribution in [0, 0.1) is 0 Å². The molecule has 0 bridgehead atoms. The highest BCUT2D eigenvalue weighted by atomic mass is 32.2. The van der Waals surface area contributed by atoms with E-state index in [1.165, 1.54) is 6.92 Å². The molecule has 0 saturated heterocycles. The Kier molecular flexibility index (Phi) is 4.94. The number of carboxylic acids is 1. The third-order valence-corrected chi connectivity index (χ3v) is 2.54. The van der Waals surface area contributed by atoms with E-state index in [4.69, 9.17) is 5.11 Å².